The van der Waals surface area contributed by atoms with Gasteiger partial charge in [0.1, 0.15) is 11.3 Å². The Balaban J connectivity index is 1.28. The molecule has 138 valence electrons. The quantitative estimate of drug-likeness (QED) is 0.723. The highest BCUT2D eigenvalue weighted by Gasteiger charge is 2.33. The van der Waals surface area contributed by atoms with Crippen LogP contribution in [0.1, 0.15) is 15.2 Å². The number of H-pyrrole nitrogens is 1. The number of fused-ring (bicyclic) bond motifs is 1. The van der Waals surface area contributed by atoms with Gasteiger partial charge in [-0.15, -0.1) is 11.3 Å². The lowest BCUT2D eigenvalue weighted by molar-refractivity contribution is 0.0562. The van der Waals surface area contributed by atoms with Crippen LogP contribution in [0.25, 0.3) is 10.1 Å². The number of ether oxygens (including phenoxy) is 1. The van der Waals surface area contributed by atoms with Gasteiger partial charge in [0.25, 0.3) is 11.5 Å². The topological polar surface area (TPSA) is 91.5 Å². The van der Waals surface area contributed by atoms with Crippen LogP contribution < -0.4 is 10.9 Å². The minimum atomic E-state index is -0.391. The first-order valence-electron chi connectivity index (χ1n) is 8.48. The average Bonchev–Trinajstić information content (AvgIpc) is 3.09. The van der Waals surface area contributed by atoms with E-state index in [0.29, 0.717) is 22.7 Å². The van der Waals surface area contributed by atoms with Crippen molar-refractivity contribution in [2.75, 3.05) is 13.1 Å². The summed E-state index contributed by atoms with van der Waals surface area (Å²) >= 11 is 1.16. The Hall–Kier alpha value is -3.13. The predicted octanol–water partition coefficient (Wildman–Crippen LogP) is 2.34. The van der Waals surface area contributed by atoms with Gasteiger partial charge in [-0.1, -0.05) is 30.3 Å². The molecule has 1 fully saturated rings. The number of hydrogen-bond acceptors (Lipinski definition) is 5. The first-order valence-corrected chi connectivity index (χ1v) is 9.29. The van der Waals surface area contributed by atoms with Gasteiger partial charge in [-0.25, -0.2) is 4.79 Å². The van der Waals surface area contributed by atoms with Crippen molar-refractivity contribution in [3.63, 3.8) is 0 Å². The standard InChI is InChI=1S/C19H17N3O4S/c23-17(15-8-13-6-7-20-18(24)16(13)27-15)21-14-9-22(10-14)19(25)26-11-12-4-2-1-3-5-12/h1-8,14H,9-11H2,(H,20,24)(H,21,23). The van der Waals surface area contributed by atoms with Gasteiger partial charge in [0, 0.05) is 24.7 Å². The number of nitrogens with zero attached hydrogens (tertiary/aromatic N) is 1. The molecule has 7 nitrogen and oxygen atoms in total. The van der Waals surface area contributed by atoms with Gasteiger partial charge in [0.05, 0.1) is 10.9 Å². The Labute approximate surface area is 158 Å². The van der Waals surface area contributed by atoms with E-state index in [-0.39, 0.29) is 24.1 Å². The molecule has 0 radical (unpaired) electrons. The molecule has 1 aliphatic rings. The molecule has 4 rings (SSSR count). The fourth-order valence-electron chi connectivity index (χ4n) is 2.88. The predicted molar refractivity (Wildman–Crippen MR) is 102 cm³/mol. The Bertz CT molecular complexity index is 1040. The summed E-state index contributed by atoms with van der Waals surface area (Å²) in [6.07, 6.45) is 1.17. The number of rotatable bonds is 4. The van der Waals surface area contributed by atoms with E-state index in [4.69, 9.17) is 4.74 Å². The van der Waals surface area contributed by atoms with E-state index in [0.717, 1.165) is 22.3 Å². The lowest BCUT2D eigenvalue weighted by atomic mass is 10.1. The highest BCUT2D eigenvalue weighted by atomic mass is 32.1. The Morgan fingerprint density at radius 1 is 1.22 bits per heavy atom. The number of hydrogen-bond donors (Lipinski definition) is 2. The Morgan fingerprint density at radius 3 is 2.74 bits per heavy atom. The lowest BCUT2D eigenvalue weighted by Gasteiger charge is -2.38. The molecular formula is C19H17N3O4S. The summed E-state index contributed by atoms with van der Waals surface area (Å²) in [5.74, 6) is -0.238. The monoisotopic (exact) mass is 383 g/mol. The highest BCUT2D eigenvalue weighted by Crippen LogP contribution is 2.22. The van der Waals surface area contributed by atoms with Crippen molar-refractivity contribution in [2.24, 2.45) is 0 Å². The van der Waals surface area contributed by atoms with Crippen LogP contribution in [0.2, 0.25) is 0 Å². The summed E-state index contributed by atoms with van der Waals surface area (Å²) in [5.41, 5.74) is 0.725. The maximum absolute atomic E-state index is 12.4. The third-order valence-corrected chi connectivity index (χ3v) is 5.50. The number of carbonyl (C=O) groups excluding carboxylic acids is 2. The number of benzene rings is 1. The molecule has 2 N–H and O–H groups in total. The van der Waals surface area contributed by atoms with Crippen LogP contribution in [0.5, 0.6) is 0 Å². The van der Waals surface area contributed by atoms with E-state index >= 15 is 0 Å². The number of likely N-dealkylation sites (tertiary alicyclic amines) is 1. The number of nitrogens with one attached hydrogen (secondary N) is 2. The molecule has 0 spiro atoms. The summed E-state index contributed by atoms with van der Waals surface area (Å²) in [7, 11) is 0. The molecule has 1 saturated heterocycles. The minimum absolute atomic E-state index is 0.120. The zero-order valence-electron chi connectivity index (χ0n) is 14.3. The zero-order valence-corrected chi connectivity index (χ0v) is 15.1. The maximum Gasteiger partial charge on any atom is 0.410 e. The maximum atomic E-state index is 12.4. The van der Waals surface area contributed by atoms with Crippen LogP contribution >= 0.6 is 11.3 Å². The molecule has 0 aliphatic carbocycles. The molecule has 1 aliphatic heterocycles. The van der Waals surface area contributed by atoms with Crippen LogP contribution in [-0.4, -0.2) is 41.0 Å². The summed E-state index contributed by atoms with van der Waals surface area (Å²) in [6, 6.07) is 12.8. The molecule has 0 unspecified atom stereocenters. The number of pyridine rings is 1. The highest BCUT2D eigenvalue weighted by molar-refractivity contribution is 7.20. The Morgan fingerprint density at radius 2 is 2.00 bits per heavy atom. The smallest absolute Gasteiger partial charge is 0.410 e. The van der Waals surface area contributed by atoms with Crippen molar-refractivity contribution in [1.29, 1.82) is 0 Å². The molecule has 0 saturated carbocycles. The molecule has 2 aromatic heterocycles. The van der Waals surface area contributed by atoms with Crippen LogP contribution in [-0.2, 0) is 11.3 Å². The van der Waals surface area contributed by atoms with Gasteiger partial charge in [-0.2, -0.15) is 0 Å². The molecule has 8 heteroatoms. The minimum Gasteiger partial charge on any atom is -0.445 e. The van der Waals surface area contributed by atoms with Gasteiger partial charge < -0.3 is 19.9 Å². The average molecular weight is 383 g/mol. The molecule has 0 bridgehead atoms. The number of carbonyl (C=O) groups is 2. The van der Waals surface area contributed by atoms with Gasteiger partial charge in [-0.05, 0) is 17.7 Å². The van der Waals surface area contributed by atoms with E-state index in [1.807, 2.05) is 30.3 Å². The van der Waals surface area contributed by atoms with E-state index < -0.39 is 6.09 Å². The molecule has 3 heterocycles. The van der Waals surface area contributed by atoms with Crippen molar-refractivity contribution in [3.05, 3.63) is 69.5 Å². The molecule has 0 atom stereocenters. The van der Waals surface area contributed by atoms with Crippen molar-refractivity contribution < 1.29 is 14.3 Å². The van der Waals surface area contributed by atoms with Crippen LogP contribution in [0.4, 0.5) is 4.79 Å². The fourth-order valence-corrected chi connectivity index (χ4v) is 3.83. The van der Waals surface area contributed by atoms with Gasteiger partial charge in [0.15, 0.2) is 0 Å². The van der Waals surface area contributed by atoms with Crippen LogP contribution in [0.15, 0.2) is 53.5 Å². The van der Waals surface area contributed by atoms with Gasteiger partial charge >= 0.3 is 6.09 Å². The Kier molecular flexibility index (Phi) is 4.64. The number of thiophene rings is 1. The summed E-state index contributed by atoms with van der Waals surface area (Å²) in [5, 5.41) is 3.63. The zero-order chi connectivity index (χ0) is 18.8. The van der Waals surface area contributed by atoms with E-state index in [1.165, 1.54) is 0 Å². The molecule has 27 heavy (non-hydrogen) atoms. The third kappa shape index (κ3) is 3.70. The molecule has 1 aromatic carbocycles. The van der Waals surface area contributed by atoms with Gasteiger partial charge in [0.2, 0.25) is 0 Å². The normalized spacial score (nSPS) is 14.0. The van der Waals surface area contributed by atoms with Crippen molar-refractivity contribution in [2.45, 2.75) is 12.6 Å². The molecule has 2 amide bonds. The van der Waals surface area contributed by atoms with Crippen molar-refractivity contribution >= 4 is 33.4 Å². The van der Waals surface area contributed by atoms with Crippen molar-refractivity contribution in [3.8, 4) is 0 Å². The summed E-state index contributed by atoms with van der Waals surface area (Å²) < 4.78 is 5.79. The summed E-state index contributed by atoms with van der Waals surface area (Å²) in [4.78, 5) is 40.7. The first-order chi connectivity index (χ1) is 13.1. The third-order valence-electron chi connectivity index (χ3n) is 4.35. The number of amides is 2. The second-order valence-electron chi connectivity index (χ2n) is 6.32. The number of aromatic amines is 1. The van der Waals surface area contributed by atoms with Crippen molar-refractivity contribution in [1.82, 2.24) is 15.2 Å². The largest absolute Gasteiger partial charge is 0.445 e. The lowest BCUT2D eigenvalue weighted by Crippen LogP contribution is -2.60. The van der Waals surface area contributed by atoms with Gasteiger partial charge in [-0.3, -0.25) is 9.59 Å². The van der Waals surface area contributed by atoms with E-state index in [9.17, 15) is 14.4 Å². The first kappa shape index (κ1) is 17.3. The summed E-state index contributed by atoms with van der Waals surface area (Å²) in [6.45, 7) is 1.04. The van der Waals surface area contributed by atoms with E-state index in [2.05, 4.69) is 10.3 Å². The SMILES string of the molecule is O=C(NC1CN(C(=O)OCc2ccccc2)C1)c1cc2cc[nH]c(=O)c2s1. The van der Waals surface area contributed by atoms with Crippen LogP contribution in [0.3, 0.4) is 0 Å². The van der Waals surface area contributed by atoms with Crippen LogP contribution in [0, 0.1) is 0 Å². The van der Waals surface area contributed by atoms with E-state index in [1.54, 1.807) is 23.2 Å². The molecular weight excluding hydrogens is 366 g/mol. The second kappa shape index (κ2) is 7.24. The molecule has 3 aromatic rings. The number of aromatic nitrogens is 1. The fraction of sp³-hybridized carbons (Fsp3) is 0.211. The second-order valence-corrected chi connectivity index (χ2v) is 7.37.